The second kappa shape index (κ2) is 5.84. The lowest BCUT2D eigenvalue weighted by molar-refractivity contribution is 0.0697. The van der Waals surface area contributed by atoms with Crippen molar-refractivity contribution >= 4 is 33.4 Å². The molecule has 0 atom stereocenters. The molecule has 4 nitrogen and oxygen atoms in total. The van der Waals surface area contributed by atoms with Gasteiger partial charge in [0.2, 0.25) is 0 Å². The van der Waals surface area contributed by atoms with E-state index in [1.165, 1.54) is 18.3 Å². The number of aromatic carboxylic acids is 1. The van der Waals surface area contributed by atoms with Gasteiger partial charge in [-0.2, -0.15) is 0 Å². The smallest absolute Gasteiger partial charge is 0.335 e. The lowest BCUT2D eigenvalue weighted by Gasteiger charge is -2.11. The average molecular weight is 321 g/mol. The first kappa shape index (κ1) is 13.5. The van der Waals surface area contributed by atoms with Crippen molar-refractivity contribution in [3.8, 4) is 0 Å². The van der Waals surface area contributed by atoms with Crippen LogP contribution in [0.2, 0.25) is 0 Å². The maximum atomic E-state index is 10.9. The highest BCUT2D eigenvalue weighted by molar-refractivity contribution is 9.10. The van der Waals surface area contributed by atoms with Crippen LogP contribution in [0.1, 0.15) is 22.8 Å². The van der Waals surface area contributed by atoms with E-state index in [4.69, 9.17) is 5.11 Å². The fraction of sp³-hybridized carbons (Fsp3) is 0.143. The van der Waals surface area contributed by atoms with E-state index in [1.807, 2.05) is 18.2 Å². The third kappa shape index (κ3) is 3.32. The predicted octanol–water partition coefficient (Wildman–Crippen LogP) is 3.85. The number of hydrogen-bond acceptors (Lipinski definition) is 3. The summed E-state index contributed by atoms with van der Waals surface area (Å²) in [5, 5.41) is 12.1. The predicted molar refractivity (Wildman–Crippen MR) is 78.0 cm³/mol. The molecule has 0 aliphatic heterocycles. The molecule has 0 saturated heterocycles. The van der Waals surface area contributed by atoms with E-state index in [2.05, 4.69) is 33.2 Å². The monoisotopic (exact) mass is 320 g/mol. The Hall–Kier alpha value is -1.88. The Morgan fingerprint density at radius 1 is 1.37 bits per heavy atom. The van der Waals surface area contributed by atoms with Crippen LogP contribution in [0.3, 0.4) is 0 Å². The van der Waals surface area contributed by atoms with Crippen LogP contribution in [-0.2, 0) is 6.42 Å². The number of anilines is 2. The van der Waals surface area contributed by atoms with Crippen molar-refractivity contribution in [2.24, 2.45) is 0 Å². The number of rotatable bonds is 4. The number of aromatic nitrogens is 1. The van der Waals surface area contributed by atoms with Crippen molar-refractivity contribution in [3.05, 3.63) is 52.1 Å². The average Bonchev–Trinajstić information content (AvgIpc) is 2.41. The van der Waals surface area contributed by atoms with Crippen LogP contribution in [-0.4, -0.2) is 16.1 Å². The van der Waals surface area contributed by atoms with Crippen LogP contribution in [0.4, 0.5) is 11.5 Å². The molecule has 98 valence electrons. The summed E-state index contributed by atoms with van der Waals surface area (Å²) in [5.74, 6) is -0.436. The lowest BCUT2D eigenvalue weighted by Crippen LogP contribution is -2.01. The molecule has 0 amide bonds. The number of nitrogens with one attached hydrogen (secondary N) is 1. The molecule has 1 aromatic carbocycles. The third-order valence-electron chi connectivity index (χ3n) is 2.72. The van der Waals surface area contributed by atoms with E-state index >= 15 is 0 Å². The second-order valence-electron chi connectivity index (χ2n) is 4.01. The van der Waals surface area contributed by atoms with Gasteiger partial charge in [-0.3, -0.25) is 0 Å². The van der Waals surface area contributed by atoms with Gasteiger partial charge in [-0.15, -0.1) is 0 Å². The molecule has 0 unspecified atom stereocenters. The molecule has 2 aromatic rings. The summed E-state index contributed by atoms with van der Waals surface area (Å²) in [7, 11) is 0. The van der Waals surface area contributed by atoms with Crippen LogP contribution < -0.4 is 5.32 Å². The Bertz CT molecular complexity index is 614. The summed E-state index contributed by atoms with van der Waals surface area (Å²) in [6.45, 7) is 2.06. The van der Waals surface area contributed by atoms with E-state index < -0.39 is 5.97 Å². The molecule has 1 aromatic heterocycles. The van der Waals surface area contributed by atoms with Gasteiger partial charge in [0.25, 0.3) is 0 Å². The maximum absolute atomic E-state index is 10.9. The molecule has 0 saturated carbocycles. The highest BCUT2D eigenvalue weighted by Gasteiger charge is 2.06. The molecule has 0 fully saturated rings. The number of pyridine rings is 1. The van der Waals surface area contributed by atoms with Gasteiger partial charge in [0.15, 0.2) is 0 Å². The molecular weight excluding hydrogens is 308 g/mol. The lowest BCUT2D eigenvalue weighted by atomic mass is 10.1. The number of carboxylic acids is 1. The van der Waals surface area contributed by atoms with E-state index in [1.54, 1.807) is 0 Å². The minimum Gasteiger partial charge on any atom is -0.478 e. The van der Waals surface area contributed by atoms with Crippen LogP contribution in [0.25, 0.3) is 0 Å². The molecule has 0 aliphatic carbocycles. The van der Waals surface area contributed by atoms with Gasteiger partial charge in [-0.1, -0.05) is 22.9 Å². The van der Waals surface area contributed by atoms with Gasteiger partial charge >= 0.3 is 5.97 Å². The van der Waals surface area contributed by atoms with Crippen LogP contribution >= 0.6 is 15.9 Å². The quantitative estimate of drug-likeness (QED) is 0.898. The molecular formula is C14H13BrN2O2. The molecule has 5 heteroatoms. The SMILES string of the molecule is CCc1cc(Br)ccc1Nc1cc(C(=O)O)ccn1. The van der Waals surface area contributed by atoms with E-state index in [-0.39, 0.29) is 5.56 Å². The van der Waals surface area contributed by atoms with Gasteiger partial charge in [-0.25, -0.2) is 9.78 Å². The minimum atomic E-state index is -0.961. The molecule has 0 aliphatic rings. The summed E-state index contributed by atoms with van der Waals surface area (Å²) in [4.78, 5) is 15.0. The minimum absolute atomic E-state index is 0.215. The zero-order valence-corrected chi connectivity index (χ0v) is 11.9. The summed E-state index contributed by atoms with van der Waals surface area (Å²) >= 11 is 3.43. The fourth-order valence-electron chi connectivity index (χ4n) is 1.75. The highest BCUT2D eigenvalue weighted by atomic mass is 79.9. The van der Waals surface area contributed by atoms with Gasteiger partial charge in [0.05, 0.1) is 5.56 Å². The Labute approximate surface area is 119 Å². The van der Waals surface area contributed by atoms with E-state index in [0.29, 0.717) is 5.82 Å². The fourth-order valence-corrected chi connectivity index (χ4v) is 2.16. The maximum Gasteiger partial charge on any atom is 0.335 e. The third-order valence-corrected chi connectivity index (χ3v) is 3.21. The molecule has 2 N–H and O–H groups in total. The molecule has 0 bridgehead atoms. The molecule has 2 rings (SSSR count). The van der Waals surface area contributed by atoms with Gasteiger partial charge in [-0.05, 0) is 42.3 Å². The van der Waals surface area contributed by atoms with E-state index in [0.717, 1.165) is 22.1 Å². The van der Waals surface area contributed by atoms with E-state index in [9.17, 15) is 4.79 Å². The number of aryl methyl sites for hydroxylation is 1. The van der Waals surface area contributed by atoms with Gasteiger partial charge in [0.1, 0.15) is 5.82 Å². The molecule has 0 spiro atoms. The topological polar surface area (TPSA) is 62.2 Å². The van der Waals surface area contributed by atoms with Gasteiger partial charge < -0.3 is 10.4 Å². The molecule has 19 heavy (non-hydrogen) atoms. The summed E-state index contributed by atoms with van der Waals surface area (Å²) in [5.41, 5.74) is 2.28. The first-order chi connectivity index (χ1) is 9.10. The Kier molecular flexibility index (Phi) is 4.16. The molecule has 1 heterocycles. The zero-order valence-electron chi connectivity index (χ0n) is 10.4. The van der Waals surface area contributed by atoms with Gasteiger partial charge in [0, 0.05) is 16.4 Å². The highest BCUT2D eigenvalue weighted by Crippen LogP contribution is 2.24. The van der Waals surface area contributed by atoms with Crippen LogP contribution in [0.5, 0.6) is 0 Å². The first-order valence-electron chi connectivity index (χ1n) is 5.85. The molecule has 0 radical (unpaired) electrons. The Morgan fingerprint density at radius 3 is 2.84 bits per heavy atom. The van der Waals surface area contributed by atoms with Crippen molar-refractivity contribution in [1.29, 1.82) is 0 Å². The van der Waals surface area contributed by atoms with Crippen LogP contribution in [0, 0.1) is 0 Å². The van der Waals surface area contributed by atoms with Crippen molar-refractivity contribution in [2.75, 3.05) is 5.32 Å². The normalized spacial score (nSPS) is 10.2. The standard InChI is InChI=1S/C14H13BrN2O2/c1-2-9-7-11(15)3-4-12(9)17-13-8-10(14(18)19)5-6-16-13/h3-8H,2H2,1H3,(H,16,17)(H,18,19). The van der Waals surface area contributed by atoms with Crippen molar-refractivity contribution in [2.45, 2.75) is 13.3 Å². The van der Waals surface area contributed by atoms with Crippen molar-refractivity contribution in [3.63, 3.8) is 0 Å². The van der Waals surface area contributed by atoms with Crippen molar-refractivity contribution < 1.29 is 9.90 Å². The number of nitrogens with zero attached hydrogens (tertiary/aromatic N) is 1. The number of carbonyl (C=O) groups is 1. The summed E-state index contributed by atoms with van der Waals surface area (Å²) in [6.07, 6.45) is 2.36. The number of carboxylic acid groups (broad SMARTS) is 1. The zero-order chi connectivity index (χ0) is 13.8. The number of halogens is 1. The van der Waals surface area contributed by atoms with Crippen LogP contribution in [0.15, 0.2) is 41.0 Å². The van der Waals surface area contributed by atoms with Crippen molar-refractivity contribution in [1.82, 2.24) is 4.98 Å². The second-order valence-corrected chi connectivity index (χ2v) is 4.93. The Morgan fingerprint density at radius 2 is 2.16 bits per heavy atom. The summed E-state index contributed by atoms with van der Waals surface area (Å²) < 4.78 is 1.02. The first-order valence-corrected chi connectivity index (χ1v) is 6.64. The Balaban J connectivity index is 2.30. The summed E-state index contributed by atoms with van der Waals surface area (Å²) in [6, 6.07) is 8.89. The largest absolute Gasteiger partial charge is 0.478 e. The number of benzene rings is 1. The number of hydrogen-bond donors (Lipinski definition) is 2.